The van der Waals surface area contributed by atoms with Crippen LogP contribution < -0.4 is 4.90 Å². The predicted octanol–water partition coefficient (Wildman–Crippen LogP) is 2.65. The van der Waals surface area contributed by atoms with Crippen LogP contribution in [0.4, 0.5) is 5.69 Å². The molecule has 2 aromatic rings. The number of anilines is 1. The minimum Gasteiger partial charge on any atom is -0.288 e. The van der Waals surface area contributed by atoms with Crippen LogP contribution >= 0.6 is 0 Å². The van der Waals surface area contributed by atoms with E-state index in [9.17, 15) is 10.1 Å². The first-order chi connectivity index (χ1) is 9.81. The summed E-state index contributed by atoms with van der Waals surface area (Å²) in [7, 11) is 0. The molecule has 1 aliphatic rings. The predicted molar refractivity (Wildman–Crippen MR) is 75.9 cm³/mol. The Morgan fingerprint density at radius 1 is 1.25 bits per heavy atom. The second-order valence-electron chi connectivity index (χ2n) is 4.41. The van der Waals surface area contributed by atoms with Gasteiger partial charge < -0.3 is 0 Å². The fourth-order valence-corrected chi connectivity index (χ4v) is 2.24. The highest BCUT2D eigenvalue weighted by atomic mass is 16.2. The molecule has 0 bridgehead atoms. The Bertz CT molecular complexity index is 716. The highest BCUT2D eigenvalue weighted by Gasteiger charge is 2.28. The minimum atomic E-state index is -0.599. The van der Waals surface area contributed by atoms with Crippen LogP contribution in [0, 0.1) is 11.3 Å². The number of amides is 1. The average Bonchev–Trinajstić information content (AvgIpc) is 2.54. The summed E-state index contributed by atoms with van der Waals surface area (Å²) in [5, 5.41) is 9.27. The van der Waals surface area contributed by atoms with Gasteiger partial charge in [-0.15, -0.1) is 0 Å². The quantitative estimate of drug-likeness (QED) is 0.793. The summed E-state index contributed by atoms with van der Waals surface area (Å²) in [6, 6.07) is 12.5. The van der Waals surface area contributed by atoms with Crippen molar-refractivity contribution in [3.05, 3.63) is 66.0 Å². The van der Waals surface area contributed by atoms with Gasteiger partial charge in [-0.05, 0) is 29.8 Å². The minimum absolute atomic E-state index is 0.221. The number of benzene rings is 1. The number of nitriles is 1. The highest BCUT2D eigenvalue weighted by molar-refractivity contribution is 6.08. The third kappa shape index (κ3) is 1.95. The number of nitrogens with zero attached hydrogens (tertiary/aromatic N) is 3. The Morgan fingerprint density at radius 3 is 2.85 bits per heavy atom. The Hall–Kier alpha value is -2.93. The molecule has 20 heavy (non-hydrogen) atoms. The molecule has 3 rings (SSSR count). The van der Waals surface area contributed by atoms with E-state index in [1.165, 1.54) is 11.1 Å². The van der Waals surface area contributed by atoms with Gasteiger partial charge in [0, 0.05) is 12.4 Å². The summed E-state index contributed by atoms with van der Waals surface area (Å²) in [6.45, 7) is 0. The number of aromatic nitrogens is 1. The number of fused-ring (bicyclic) bond motifs is 1. The van der Waals surface area contributed by atoms with Crippen molar-refractivity contribution in [3.63, 3.8) is 0 Å². The van der Waals surface area contributed by atoms with E-state index in [2.05, 4.69) is 11.1 Å². The zero-order chi connectivity index (χ0) is 13.9. The van der Waals surface area contributed by atoms with Crippen molar-refractivity contribution in [2.45, 2.75) is 6.04 Å². The van der Waals surface area contributed by atoms with Gasteiger partial charge in [-0.2, -0.15) is 5.26 Å². The van der Waals surface area contributed by atoms with E-state index in [-0.39, 0.29) is 5.91 Å². The number of carbonyl (C=O) groups excluding carboxylic acids is 1. The highest BCUT2D eigenvalue weighted by Crippen LogP contribution is 2.29. The van der Waals surface area contributed by atoms with Crippen LogP contribution in [0.15, 0.2) is 54.9 Å². The summed E-state index contributed by atoms with van der Waals surface area (Å²) < 4.78 is 0. The lowest BCUT2D eigenvalue weighted by Gasteiger charge is -2.30. The normalized spacial score (nSPS) is 16.4. The van der Waals surface area contributed by atoms with Gasteiger partial charge in [0.15, 0.2) is 0 Å². The zero-order valence-electron chi connectivity index (χ0n) is 10.6. The molecule has 0 aliphatic carbocycles. The molecule has 1 atom stereocenters. The zero-order valence-corrected chi connectivity index (χ0v) is 10.6. The molecule has 1 aliphatic heterocycles. The van der Waals surface area contributed by atoms with E-state index in [1.54, 1.807) is 24.4 Å². The van der Waals surface area contributed by atoms with Crippen molar-refractivity contribution in [1.82, 2.24) is 4.98 Å². The van der Waals surface area contributed by atoms with Gasteiger partial charge in [-0.3, -0.25) is 14.7 Å². The molecule has 4 heteroatoms. The van der Waals surface area contributed by atoms with Crippen LogP contribution in [-0.4, -0.2) is 16.9 Å². The molecule has 1 aromatic heterocycles. The average molecular weight is 261 g/mol. The molecule has 0 N–H and O–H groups in total. The van der Waals surface area contributed by atoms with E-state index >= 15 is 0 Å². The second kappa shape index (κ2) is 4.98. The van der Waals surface area contributed by atoms with Crippen molar-refractivity contribution in [3.8, 4) is 6.07 Å². The first-order valence-electron chi connectivity index (χ1n) is 6.21. The van der Waals surface area contributed by atoms with E-state index in [0.29, 0.717) is 5.56 Å². The topological polar surface area (TPSA) is 57.0 Å². The smallest absolute Gasteiger partial charge is 0.261 e. The SMILES string of the molecule is N#CC1C=Cc2ccccc2N1C(=O)c1cccnc1. The van der Waals surface area contributed by atoms with Crippen LogP contribution in [0.5, 0.6) is 0 Å². The molecular formula is C16H11N3O. The first-order valence-corrected chi connectivity index (χ1v) is 6.21. The second-order valence-corrected chi connectivity index (χ2v) is 4.41. The number of rotatable bonds is 1. The lowest BCUT2D eigenvalue weighted by molar-refractivity contribution is 0.0984. The first kappa shape index (κ1) is 12.1. The molecule has 1 unspecified atom stereocenters. The maximum atomic E-state index is 12.6. The molecule has 96 valence electrons. The summed E-state index contributed by atoms with van der Waals surface area (Å²) in [5.74, 6) is -0.221. The van der Waals surface area contributed by atoms with Crippen molar-refractivity contribution in [2.24, 2.45) is 0 Å². The molecule has 4 nitrogen and oxygen atoms in total. The van der Waals surface area contributed by atoms with E-state index in [0.717, 1.165) is 11.3 Å². The fourth-order valence-electron chi connectivity index (χ4n) is 2.24. The summed E-state index contributed by atoms with van der Waals surface area (Å²) in [6.07, 6.45) is 6.73. The van der Waals surface area contributed by atoms with Gasteiger partial charge in [0.25, 0.3) is 5.91 Å². The Balaban J connectivity index is 2.09. The number of para-hydroxylation sites is 1. The summed E-state index contributed by atoms with van der Waals surface area (Å²) in [4.78, 5) is 18.1. The molecule has 1 amide bonds. The molecular weight excluding hydrogens is 250 g/mol. The van der Waals surface area contributed by atoms with Crippen LogP contribution in [-0.2, 0) is 0 Å². The van der Waals surface area contributed by atoms with Gasteiger partial charge in [0.2, 0.25) is 0 Å². The maximum absolute atomic E-state index is 12.6. The van der Waals surface area contributed by atoms with Crippen LogP contribution in [0.1, 0.15) is 15.9 Å². The third-order valence-electron chi connectivity index (χ3n) is 3.19. The monoisotopic (exact) mass is 261 g/mol. The maximum Gasteiger partial charge on any atom is 0.261 e. The van der Waals surface area contributed by atoms with Gasteiger partial charge in [-0.25, -0.2) is 0 Å². The van der Waals surface area contributed by atoms with Crippen molar-refractivity contribution < 1.29 is 4.79 Å². The van der Waals surface area contributed by atoms with E-state index in [4.69, 9.17) is 0 Å². The summed E-state index contributed by atoms with van der Waals surface area (Å²) >= 11 is 0. The van der Waals surface area contributed by atoms with Crippen molar-refractivity contribution in [2.75, 3.05) is 4.90 Å². The molecule has 2 heterocycles. The van der Waals surface area contributed by atoms with Crippen molar-refractivity contribution >= 4 is 17.7 Å². The third-order valence-corrected chi connectivity index (χ3v) is 3.19. The number of hydrogen-bond donors (Lipinski definition) is 0. The summed E-state index contributed by atoms with van der Waals surface area (Å²) in [5.41, 5.74) is 2.14. The van der Waals surface area contributed by atoms with Gasteiger partial charge in [0.05, 0.1) is 17.3 Å². The molecule has 0 fully saturated rings. The molecule has 0 saturated carbocycles. The molecule has 0 saturated heterocycles. The molecule has 0 radical (unpaired) electrons. The molecule has 1 aromatic carbocycles. The molecule has 0 spiro atoms. The van der Waals surface area contributed by atoms with Gasteiger partial charge in [-0.1, -0.05) is 24.3 Å². The standard InChI is InChI=1S/C16H11N3O/c17-10-14-8-7-12-4-1-2-6-15(12)19(14)16(20)13-5-3-9-18-11-13/h1-9,11,14H. The van der Waals surface area contributed by atoms with E-state index in [1.807, 2.05) is 30.3 Å². The lowest BCUT2D eigenvalue weighted by atomic mass is 10.0. The Kier molecular flexibility index (Phi) is 3.02. The van der Waals surface area contributed by atoms with Gasteiger partial charge >= 0.3 is 0 Å². The van der Waals surface area contributed by atoms with E-state index < -0.39 is 6.04 Å². The Morgan fingerprint density at radius 2 is 2.10 bits per heavy atom. The number of hydrogen-bond acceptors (Lipinski definition) is 3. The largest absolute Gasteiger partial charge is 0.288 e. The number of pyridine rings is 1. The van der Waals surface area contributed by atoms with Crippen LogP contribution in [0.25, 0.3) is 6.08 Å². The van der Waals surface area contributed by atoms with Crippen molar-refractivity contribution in [1.29, 1.82) is 5.26 Å². The number of carbonyl (C=O) groups is 1. The van der Waals surface area contributed by atoms with Gasteiger partial charge in [0.1, 0.15) is 6.04 Å². The van der Waals surface area contributed by atoms with Crippen LogP contribution in [0.2, 0.25) is 0 Å². The fraction of sp³-hybridized carbons (Fsp3) is 0.0625. The lowest BCUT2D eigenvalue weighted by Crippen LogP contribution is -2.40. The van der Waals surface area contributed by atoms with Crippen LogP contribution in [0.3, 0.4) is 0 Å². The Labute approximate surface area is 116 Å².